The van der Waals surface area contributed by atoms with Crippen molar-refractivity contribution >= 4 is 38.2 Å². The summed E-state index contributed by atoms with van der Waals surface area (Å²) in [7, 11) is 0. The Morgan fingerprint density at radius 3 is 0.820 bits per heavy atom. The molecule has 0 aliphatic heterocycles. The number of hydrogen-bond acceptors (Lipinski definition) is 7. The summed E-state index contributed by atoms with van der Waals surface area (Å²) in [6, 6.07) is 12.9. The average Bonchev–Trinajstić information content (AvgIpc) is 3.27. The zero-order valence-electron chi connectivity index (χ0n) is 39.1. The maximum Gasteiger partial charge on any atom is 0.257 e. The predicted molar refractivity (Wildman–Crippen MR) is 256 cm³/mol. The van der Waals surface area contributed by atoms with Crippen LogP contribution < -0.4 is 33.7 Å². The fourth-order valence-corrected chi connectivity index (χ4v) is 7.71. The molecule has 0 atom stereocenters. The van der Waals surface area contributed by atoms with Gasteiger partial charge in [0.1, 0.15) is 0 Å². The zero-order chi connectivity index (χ0) is 43.5. The van der Waals surface area contributed by atoms with Gasteiger partial charge in [0, 0.05) is 6.54 Å². The summed E-state index contributed by atoms with van der Waals surface area (Å²) in [6.45, 7) is 16.8. The second-order valence-corrected chi connectivity index (χ2v) is 16.7. The van der Waals surface area contributed by atoms with Crippen molar-refractivity contribution in [2.24, 2.45) is 0 Å². The van der Waals surface area contributed by atoms with E-state index in [0.717, 1.165) is 139 Å². The first-order valence-electron chi connectivity index (χ1n) is 24.6. The minimum atomic E-state index is -0.151. The number of carbonyl (C=O) groups excluding carboxylic acids is 1. The summed E-state index contributed by atoms with van der Waals surface area (Å²) in [5.41, 5.74) is 0. The number of rotatable bonds is 35. The van der Waals surface area contributed by atoms with Gasteiger partial charge in [0.2, 0.25) is 0 Å². The molecular weight excluding hydrogens is 763 g/mol. The number of unbranched alkanes of at least 4 members (excludes halogenated alkanes) is 15. The van der Waals surface area contributed by atoms with Crippen LogP contribution in [-0.2, 0) is 4.79 Å². The van der Waals surface area contributed by atoms with Crippen molar-refractivity contribution < 1.29 is 33.2 Å². The van der Waals surface area contributed by atoms with Gasteiger partial charge < -0.3 is 33.7 Å². The van der Waals surface area contributed by atoms with Crippen molar-refractivity contribution in [2.45, 2.75) is 176 Å². The quantitative estimate of drug-likeness (QED) is 0.0365. The minimum Gasteiger partial charge on any atom is -0.490 e. The van der Waals surface area contributed by atoms with E-state index < -0.39 is 0 Å². The van der Waals surface area contributed by atoms with Crippen LogP contribution in [0.5, 0.6) is 34.5 Å². The summed E-state index contributed by atoms with van der Waals surface area (Å²) in [5, 5.41) is 9.10. The minimum absolute atomic E-state index is 0.0969. The molecule has 4 aromatic rings. The smallest absolute Gasteiger partial charge is 0.257 e. The Bertz CT molecular complexity index is 1810. The second-order valence-electron chi connectivity index (χ2n) is 16.7. The molecule has 0 bridgehead atoms. The van der Waals surface area contributed by atoms with Crippen molar-refractivity contribution in [1.82, 2.24) is 5.32 Å². The topological polar surface area (TPSA) is 84.5 Å². The normalized spacial score (nSPS) is 11.4. The number of hydrogen-bond donors (Lipinski definition) is 1. The lowest BCUT2D eigenvalue weighted by Gasteiger charge is -2.21. The maximum atomic E-state index is 12.9. The molecule has 0 unspecified atom stereocenters. The van der Waals surface area contributed by atoms with Crippen molar-refractivity contribution in [3.05, 3.63) is 36.4 Å². The van der Waals surface area contributed by atoms with E-state index in [1.165, 1.54) is 51.4 Å². The molecule has 0 aliphatic carbocycles. The zero-order valence-corrected chi connectivity index (χ0v) is 39.1. The summed E-state index contributed by atoms with van der Waals surface area (Å²) in [6.07, 6.45) is 23.2. The van der Waals surface area contributed by atoms with E-state index in [1.807, 2.05) is 6.92 Å². The first kappa shape index (κ1) is 49.6. The number of ether oxygens (including phenoxy) is 6. The molecule has 0 heterocycles. The Labute approximate surface area is 369 Å². The molecule has 340 valence electrons. The Balaban J connectivity index is 1.97. The van der Waals surface area contributed by atoms with E-state index in [-0.39, 0.29) is 12.5 Å². The molecule has 0 aromatic heterocycles. The van der Waals surface area contributed by atoms with Crippen molar-refractivity contribution in [3.63, 3.8) is 0 Å². The molecule has 0 saturated carbocycles. The number of carbonyl (C=O) groups is 1. The highest BCUT2D eigenvalue weighted by Gasteiger charge is 2.21. The van der Waals surface area contributed by atoms with Crippen LogP contribution in [0.2, 0.25) is 0 Å². The van der Waals surface area contributed by atoms with Gasteiger partial charge in [-0.05, 0) is 107 Å². The second kappa shape index (κ2) is 29.3. The van der Waals surface area contributed by atoms with E-state index in [2.05, 4.69) is 76.3 Å². The van der Waals surface area contributed by atoms with Gasteiger partial charge in [0.15, 0.2) is 41.1 Å². The third-order valence-corrected chi connectivity index (χ3v) is 11.3. The van der Waals surface area contributed by atoms with Gasteiger partial charge in [-0.1, -0.05) is 138 Å². The van der Waals surface area contributed by atoms with E-state index in [1.54, 1.807) is 0 Å². The van der Waals surface area contributed by atoms with Crippen molar-refractivity contribution in [1.29, 1.82) is 0 Å². The van der Waals surface area contributed by atoms with Gasteiger partial charge in [0.05, 0.1) is 33.0 Å². The van der Waals surface area contributed by atoms with Crippen LogP contribution in [0.3, 0.4) is 0 Å². The molecule has 0 saturated heterocycles. The van der Waals surface area contributed by atoms with Crippen molar-refractivity contribution in [3.8, 4) is 34.5 Å². The monoisotopic (exact) mass is 844 g/mol. The highest BCUT2D eigenvalue weighted by Crippen LogP contribution is 2.47. The number of amides is 1. The largest absolute Gasteiger partial charge is 0.490 e. The lowest BCUT2D eigenvalue weighted by molar-refractivity contribution is -0.123. The van der Waals surface area contributed by atoms with E-state index in [9.17, 15) is 4.79 Å². The molecule has 8 heteroatoms. The molecular formula is C53H81NO7. The Hall–Kier alpha value is -4.07. The van der Waals surface area contributed by atoms with E-state index in [0.29, 0.717) is 51.1 Å². The van der Waals surface area contributed by atoms with Crippen LogP contribution in [0, 0.1) is 0 Å². The maximum absolute atomic E-state index is 12.9. The molecule has 4 aromatic carbocycles. The fourth-order valence-electron chi connectivity index (χ4n) is 7.71. The lowest BCUT2D eigenvalue weighted by atomic mass is 9.93. The Morgan fingerprint density at radius 1 is 0.344 bits per heavy atom. The van der Waals surface area contributed by atoms with Crippen molar-refractivity contribution in [2.75, 3.05) is 46.2 Å². The third-order valence-electron chi connectivity index (χ3n) is 11.3. The Morgan fingerprint density at radius 2 is 0.590 bits per heavy atom. The van der Waals surface area contributed by atoms with Crippen LogP contribution >= 0.6 is 0 Å². The van der Waals surface area contributed by atoms with E-state index >= 15 is 0 Å². The van der Waals surface area contributed by atoms with Gasteiger partial charge in [-0.3, -0.25) is 4.79 Å². The molecule has 61 heavy (non-hydrogen) atoms. The lowest BCUT2D eigenvalue weighted by Crippen LogP contribution is -2.29. The summed E-state index contributed by atoms with van der Waals surface area (Å²) in [5.74, 6) is 4.06. The van der Waals surface area contributed by atoms with Gasteiger partial charge >= 0.3 is 0 Å². The summed E-state index contributed by atoms with van der Waals surface area (Å²) < 4.78 is 39.4. The molecule has 0 fully saturated rings. The fraction of sp³-hybridized carbons (Fsp3) is 0.642. The SMILES string of the molecule is CCCCCCOc1cc2c3cc(OCCCCCC)c(OCCCCCC)cc3c3cc(OCC(=O)NCCC)c(OCCCCCC)cc3c2cc1OCCCCCC. The van der Waals surface area contributed by atoms with Crippen LogP contribution in [0.4, 0.5) is 0 Å². The highest BCUT2D eigenvalue weighted by molar-refractivity contribution is 6.26. The summed E-state index contributed by atoms with van der Waals surface area (Å²) in [4.78, 5) is 12.9. The predicted octanol–water partition coefficient (Wildman–Crippen LogP) is 14.8. The van der Waals surface area contributed by atoms with Crippen LogP contribution in [-0.4, -0.2) is 52.1 Å². The third kappa shape index (κ3) is 16.3. The molecule has 4 rings (SSSR count). The van der Waals surface area contributed by atoms with Crippen LogP contribution in [0.25, 0.3) is 32.3 Å². The number of nitrogens with one attached hydrogen (secondary N) is 1. The number of fused-ring (bicyclic) bond motifs is 6. The first-order valence-corrected chi connectivity index (χ1v) is 24.6. The standard InChI is InChI=1S/C53H81NO7/c1-7-13-18-23-29-56-47-34-41-42-35-48(57-30-24-19-14-8-2)50(59-32-26-21-16-10-4)37-44(42)46-39-52(61-40-53(55)54-28-12-6)51(60-33-27-22-17-11-5)38-45(46)43(41)36-49(47)58-31-25-20-15-9-3/h34-39H,7-33,40H2,1-6H3,(H,54,55). The average molecular weight is 844 g/mol. The first-order chi connectivity index (χ1) is 30.0. The Kier molecular flexibility index (Phi) is 23.8. The molecule has 0 radical (unpaired) electrons. The molecule has 1 amide bonds. The van der Waals surface area contributed by atoms with Gasteiger partial charge in [-0.25, -0.2) is 0 Å². The summed E-state index contributed by atoms with van der Waals surface area (Å²) >= 11 is 0. The van der Waals surface area contributed by atoms with Gasteiger partial charge in [0.25, 0.3) is 5.91 Å². The van der Waals surface area contributed by atoms with Crippen LogP contribution in [0.1, 0.15) is 176 Å². The number of benzene rings is 4. The van der Waals surface area contributed by atoms with E-state index in [4.69, 9.17) is 28.4 Å². The molecule has 8 nitrogen and oxygen atoms in total. The van der Waals surface area contributed by atoms with Crippen LogP contribution in [0.15, 0.2) is 36.4 Å². The molecule has 1 N–H and O–H groups in total. The highest BCUT2D eigenvalue weighted by atomic mass is 16.5. The van der Waals surface area contributed by atoms with Gasteiger partial charge in [-0.2, -0.15) is 0 Å². The van der Waals surface area contributed by atoms with Gasteiger partial charge in [-0.15, -0.1) is 0 Å². The molecule has 0 aliphatic rings. The molecule has 0 spiro atoms.